The number of nitrogens with zero attached hydrogens (tertiary/aromatic N) is 1. The van der Waals surface area contributed by atoms with E-state index in [0.29, 0.717) is 25.1 Å². The van der Waals surface area contributed by atoms with Crippen LogP contribution in [0.15, 0.2) is 30.3 Å². The van der Waals surface area contributed by atoms with Crippen molar-refractivity contribution < 1.29 is 19.5 Å². The molecule has 1 spiro atoms. The summed E-state index contributed by atoms with van der Waals surface area (Å²) in [6.07, 6.45) is 3.49. The maximum atomic E-state index is 14.1. The average Bonchev–Trinajstić information content (AvgIpc) is 3.33. The molecule has 3 aliphatic rings. The molecule has 1 aromatic carbocycles. The van der Waals surface area contributed by atoms with E-state index in [1.165, 1.54) is 0 Å². The molecule has 3 saturated heterocycles. The third-order valence-corrected chi connectivity index (χ3v) is 10.1. The van der Waals surface area contributed by atoms with Crippen molar-refractivity contribution in [2.24, 2.45) is 17.3 Å². The van der Waals surface area contributed by atoms with Crippen molar-refractivity contribution in [1.82, 2.24) is 10.2 Å². The van der Waals surface area contributed by atoms with Gasteiger partial charge in [-0.1, -0.05) is 39.0 Å². The number of aliphatic hydroxyl groups is 1. The van der Waals surface area contributed by atoms with E-state index in [-0.39, 0.29) is 29.7 Å². The molecule has 0 aliphatic carbocycles. The number of carbonyl (C=O) groups is 3. The van der Waals surface area contributed by atoms with Crippen LogP contribution in [0.3, 0.4) is 0 Å². The van der Waals surface area contributed by atoms with Gasteiger partial charge in [0.15, 0.2) is 0 Å². The van der Waals surface area contributed by atoms with Crippen LogP contribution in [0.5, 0.6) is 0 Å². The molecule has 2 bridgehead atoms. The van der Waals surface area contributed by atoms with E-state index in [9.17, 15) is 19.5 Å². The highest BCUT2D eigenvalue weighted by Gasteiger charge is 2.77. The van der Waals surface area contributed by atoms with E-state index < -0.39 is 32.9 Å². The fraction of sp³-hybridized carbons (Fsp3) is 0.690. The van der Waals surface area contributed by atoms with Crippen molar-refractivity contribution in [2.45, 2.75) is 94.7 Å². The van der Waals surface area contributed by atoms with E-state index in [1.54, 1.807) is 16.7 Å². The summed E-state index contributed by atoms with van der Waals surface area (Å²) in [4.78, 5) is 43.6. The Morgan fingerprint density at radius 2 is 1.76 bits per heavy atom. The van der Waals surface area contributed by atoms with Crippen LogP contribution < -0.4 is 10.6 Å². The Morgan fingerprint density at radius 3 is 2.38 bits per heavy atom. The van der Waals surface area contributed by atoms with Gasteiger partial charge in [0.25, 0.3) is 0 Å². The number of anilines is 1. The standard InChI is InChI=1S/C29H43N3O4S/c1-26(2,3)18-27(4,5)31-24(35)22-29-15-14-28(6,37-29)20(23(34)30-19-12-8-7-9-13-19)21(29)25(36)32(22)16-10-11-17-33/h7-9,12-13,20-22,33H,10-11,14-18H2,1-6H3,(H,30,34)(H,31,35)/t20-,21-,22?,28+,29?/m0/s1. The van der Waals surface area contributed by atoms with Crippen LogP contribution in [0, 0.1) is 17.3 Å². The minimum Gasteiger partial charge on any atom is -0.396 e. The van der Waals surface area contributed by atoms with Gasteiger partial charge < -0.3 is 20.6 Å². The van der Waals surface area contributed by atoms with E-state index in [4.69, 9.17) is 0 Å². The lowest BCUT2D eigenvalue weighted by Crippen LogP contribution is -2.58. The molecular formula is C29H43N3O4S. The minimum absolute atomic E-state index is 0.0264. The number of thioether (sulfide) groups is 1. The zero-order valence-electron chi connectivity index (χ0n) is 23.1. The summed E-state index contributed by atoms with van der Waals surface area (Å²) in [6.45, 7) is 13.1. The quantitative estimate of drug-likeness (QED) is 0.416. The van der Waals surface area contributed by atoms with E-state index >= 15 is 0 Å². The topological polar surface area (TPSA) is 98.7 Å². The lowest BCUT2D eigenvalue weighted by molar-refractivity contribution is -0.140. The number of aliphatic hydroxyl groups excluding tert-OH is 1. The average molecular weight is 530 g/mol. The molecule has 0 radical (unpaired) electrons. The second-order valence-corrected chi connectivity index (χ2v) is 15.1. The Hall–Kier alpha value is -2.06. The number of unbranched alkanes of at least 4 members (excludes halogenated alkanes) is 1. The zero-order valence-corrected chi connectivity index (χ0v) is 23.9. The molecule has 2 unspecified atom stereocenters. The van der Waals surface area contributed by atoms with Gasteiger partial charge in [-0.3, -0.25) is 14.4 Å². The first-order chi connectivity index (χ1) is 17.2. The predicted molar refractivity (Wildman–Crippen MR) is 148 cm³/mol. The predicted octanol–water partition coefficient (Wildman–Crippen LogP) is 4.21. The molecular weight excluding hydrogens is 486 g/mol. The summed E-state index contributed by atoms with van der Waals surface area (Å²) in [6, 6.07) is 8.71. The normalized spacial score (nSPS) is 30.9. The zero-order chi connectivity index (χ0) is 27.2. The molecule has 3 heterocycles. The number of fused-ring (bicyclic) bond motifs is 1. The Labute approximate surface area is 225 Å². The molecule has 8 heteroatoms. The van der Waals surface area contributed by atoms with Crippen molar-refractivity contribution in [1.29, 1.82) is 0 Å². The van der Waals surface area contributed by atoms with Crippen LogP contribution in [-0.4, -0.2) is 62.0 Å². The molecule has 7 nitrogen and oxygen atoms in total. The molecule has 3 amide bonds. The van der Waals surface area contributed by atoms with Gasteiger partial charge in [0.1, 0.15) is 6.04 Å². The molecule has 37 heavy (non-hydrogen) atoms. The number of rotatable bonds is 9. The lowest BCUT2D eigenvalue weighted by atomic mass is 9.66. The molecule has 4 rings (SSSR count). The van der Waals surface area contributed by atoms with Crippen LogP contribution in [0.2, 0.25) is 0 Å². The van der Waals surface area contributed by atoms with Gasteiger partial charge in [0.05, 0.1) is 16.6 Å². The Bertz CT molecular complexity index is 1040. The van der Waals surface area contributed by atoms with Gasteiger partial charge in [-0.2, -0.15) is 0 Å². The van der Waals surface area contributed by atoms with Crippen molar-refractivity contribution in [2.75, 3.05) is 18.5 Å². The molecule has 3 N–H and O–H groups in total. The number of hydrogen-bond donors (Lipinski definition) is 3. The van der Waals surface area contributed by atoms with E-state index in [2.05, 4.69) is 38.3 Å². The second kappa shape index (κ2) is 9.92. The Morgan fingerprint density at radius 1 is 1.08 bits per heavy atom. The van der Waals surface area contributed by atoms with E-state index in [1.807, 2.05) is 44.2 Å². The third kappa shape index (κ3) is 5.29. The molecule has 5 atom stereocenters. The molecule has 0 aromatic heterocycles. The van der Waals surface area contributed by atoms with E-state index in [0.717, 1.165) is 19.3 Å². The first-order valence-corrected chi connectivity index (χ1v) is 14.3. The summed E-state index contributed by atoms with van der Waals surface area (Å²) in [5.41, 5.74) is 0.291. The fourth-order valence-corrected chi connectivity index (χ4v) is 9.63. The van der Waals surface area contributed by atoms with Gasteiger partial charge in [0.2, 0.25) is 17.7 Å². The highest BCUT2D eigenvalue weighted by molar-refractivity contribution is 8.02. The van der Waals surface area contributed by atoms with Crippen LogP contribution in [0.25, 0.3) is 0 Å². The Kier molecular flexibility index (Phi) is 7.49. The van der Waals surface area contributed by atoms with Crippen molar-refractivity contribution in [3.63, 3.8) is 0 Å². The molecule has 1 aromatic rings. The number of likely N-dealkylation sites (tertiary alicyclic amines) is 1. The molecule has 204 valence electrons. The second-order valence-electron chi connectivity index (χ2n) is 13.2. The number of para-hydroxylation sites is 1. The van der Waals surface area contributed by atoms with Gasteiger partial charge in [-0.25, -0.2) is 0 Å². The summed E-state index contributed by atoms with van der Waals surface area (Å²) in [5, 5.41) is 15.7. The fourth-order valence-electron chi connectivity index (χ4n) is 7.28. The maximum absolute atomic E-state index is 14.1. The summed E-state index contributed by atoms with van der Waals surface area (Å²) >= 11 is 1.69. The SMILES string of the molecule is CC(C)(C)CC(C)(C)NC(=O)C1N(CCCCO)C(=O)[C@@H]2[C@@H](C(=O)Nc3ccccc3)[C@@]3(C)CCC12S3. The minimum atomic E-state index is -0.635. The number of amides is 3. The largest absolute Gasteiger partial charge is 0.396 e. The monoisotopic (exact) mass is 529 g/mol. The van der Waals surface area contributed by atoms with Gasteiger partial charge in [-0.05, 0) is 70.4 Å². The van der Waals surface area contributed by atoms with Crippen molar-refractivity contribution >= 4 is 35.2 Å². The number of nitrogens with one attached hydrogen (secondary N) is 2. The van der Waals surface area contributed by atoms with Crippen molar-refractivity contribution in [3.05, 3.63) is 30.3 Å². The Balaban J connectivity index is 1.67. The van der Waals surface area contributed by atoms with Crippen LogP contribution >= 0.6 is 11.8 Å². The summed E-state index contributed by atoms with van der Waals surface area (Å²) < 4.78 is -1.04. The number of carbonyl (C=O) groups excluding carboxylic acids is 3. The molecule has 0 saturated carbocycles. The number of hydrogen-bond acceptors (Lipinski definition) is 5. The van der Waals surface area contributed by atoms with Crippen LogP contribution in [0.4, 0.5) is 5.69 Å². The summed E-state index contributed by atoms with van der Waals surface area (Å²) in [7, 11) is 0. The highest BCUT2D eigenvalue weighted by atomic mass is 32.2. The van der Waals surface area contributed by atoms with Crippen LogP contribution in [-0.2, 0) is 14.4 Å². The number of benzene rings is 1. The third-order valence-electron chi connectivity index (χ3n) is 8.09. The van der Waals surface area contributed by atoms with Crippen molar-refractivity contribution in [3.8, 4) is 0 Å². The van der Waals surface area contributed by atoms with Gasteiger partial charge >= 0.3 is 0 Å². The smallest absolute Gasteiger partial charge is 0.244 e. The first-order valence-electron chi connectivity index (χ1n) is 13.5. The molecule has 3 fully saturated rings. The van der Waals surface area contributed by atoms with Gasteiger partial charge in [-0.15, -0.1) is 11.8 Å². The lowest BCUT2D eigenvalue weighted by Gasteiger charge is -2.38. The van der Waals surface area contributed by atoms with Crippen LogP contribution in [0.1, 0.15) is 73.6 Å². The van der Waals surface area contributed by atoms with Gasteiger partial charge in [0, 0.05) is 29.1 Å². The highest BCUT2D eigenvalue weighted by Crippen LogP contribution is 2.71. The first kappa shape index (κ1) is 28.0. The summed E-state index contributed by atoms with van der Waals surface area (Å²) in [5.74, 6) is -1.44. The maximum Gasteiger partial charge on any atom is 0.244 e. The molecule has 3 aliphatic heterocycles.